The molecule has 0 saturated carbocycles. The zero-order chi connectivity index (χ0) is 11.3. The molecule has 1 aromatic heterocycles. The SMILES string of the molecule is CCCn1ccnc1CC(C)CC(=O)O. The van der Waals surface area contributed by atoms with Crippen LogP contribution in [0.25, 0.3) is 0 Å². The molecule has 0 aromatic carbocycles. The van der Waals surface area contributed by atoms with E-state index in [9.17, 15) is 4.79 Å². The first kappa shape index (κ1) is 11.8. The summed E-state index contributed by atoms with van der Waals surface area (Å²) in [5.41, 5.74) is 0. The van der Waals surface area contributed by atoms with Gasteiger partial charge < -0.3 is 9.67 Å². The number of nitrogens with zero attached hydrogens (tertiary/aromatic N) is 2. The highest BCUT2D eigenvalue weighted by Crippen LogP contribution is 2.10. The predicted octanol–water partition coefficient (Wildman–Crippen LogP) is 1.95. The number of aliphatic carboxylic acids is 1. The number of rotatable bonds is 6. The molecule has 0 saturated heterocycles. The molecule has 0 aliphatic heterocycles. The van der Waals surface area contributed by atoms with Gasteiger partial charge >= 0.3 is 5.97 Å². The Balaban J connectivity index is 2.55. The van der Waals surface area contributed by atoms with Crippen molar-refractivity contribution in [2.75, 3.05) is 0 Å². The van der Waals surface area contributed by atoms with E-state index in [2.05, 4.69) is 16.5 Å². The minimum absolute atomic E-state index is 0.139. The molecule has 0 amide bonds. The van der Waals surface area contributed by atoms with Crippen LogP contribution in [0.2, 0.25) is 0 Å². The third-order valence-corrected chi connectivity index (χ3v) is 2.32. The van der Waals surface area contributed by atoms with Gasteiger partial charge in [-0.1, -0.05) is 13.8 Å². The van der Waals surface area contributed by atoms with E-state index in [1.807, 2.05) is 13.1 Å². The van der Waals surface area contributed by atoms with Gasteiger partial charge in [0.2, 0.25) is 0 Å². The molecule has 1 atom stereocenters. The number of aromatic nitrogens is 2. The molecule has 0 bridgehead atoms. The van der Waals surface area contributed by atoms with Crippen molar-refractivity contribution >= 4 is 5.97 Å². The van der Waals surface area contributed by atoms with Crippen LogP contribution in [0, 0.1) is 5.92 Å². The topological polar surface area (TPSA) is 55.1 Å². The molecule has 84 valence electrons. The Kier molecular flexibility index (Phi) is 4.34. The van der Waals surface area contributed by atoms with Crippen LogP contribution in [0.4, 0.5) is 0 Å². The maximum Gasteiger partial charge on any atom is 0.303 e. The zero-order valence-corrected chi connectivity index (χ0v) is 9.31. The zero-order valence-electron chi connectivity index (χ0n) is 9.31. The Labute approximate surface area is 89.9 Å². The predicted molar refractivity (Wildman–Crippen MR) is 57.6 cm³/mol. The lowest BCUT2D eigenvalue weighted by molar-refractivity contribution is -0.137. The number of carbonyl (C=O) groups is 1. The van der Waals surface area contributed by atoms with Crippen LogP contribution >= 0.6 is 0 Å². The van der Waals surface area contributed by atoms with Crippen LogP contribution < -0.4 is 0 Å². The molecule has 4 heteroatoms. The van der Waals surface area contributed by atoms with Crippen molar-refractivity contribution in [1.29, 1.82) is 0 Å². The normalized spacial score (nSPS) is 12.7. The summed E-state index contributed by atoms with van der Waals surface area (Å²) in [5, 5.41) is 8.66. The Morgan fingerprint density at radius 1 is 1.67 bits per heavy atom. The molecule has 15 heavy (non-hydrogen) atoms. The Hall–Kier alpha value is -1.32. The molecule has 1 heterocycles. The van der Waals surface area contributed by atoms with Gasteiger partial charge in [-0.15, -0.1) is 0 Å². The van der Waals surface area contributed by atoms with Crippen molar-refractivity contribution in [2.24, 2.45) is 5.92 Å². The molecule has 0 spiro atoms. The molecule has 0 aliphatic carbocycles. The van der Waals surface area contributed by atoms with E-state index >= 15 is 0 Å². The van der Waals surface area contributed by atoms with Crippen molar-refractivity contribution in [2.45, 2.75) is 39.7 Å². The highest BCUT2D eigenvalue weighted by Gasteiger charge is 2.11. The number of carboxylic acid groups (broad SMARTS) is 1. The Bertz CT molecular complexity index is 320. The Morgan fingerprint density at radius 3 is 3.00 bits per heavy atom. The number of carboxylic acids is 1. The second-order valence-corrected chi connectivity index (χ2v) is 3.94. The van der Waals surface area contributed by atoms with E-state index in [0.717, 1.165) is 25.2 Å². The molecule has 0 fully saturated rings. The van der Waals surface area contributed by atoms with Crippen LogP contribution in [0.15, 0.2) is 12.4 Å². The first-order valence-corrected chi connectivity index (χ1v) is 5.35. The summed E-state index contributed by atoms with van der Waals surface area (Å²) in [6.07, 6.45) is 5.74. The van der Waals surface area contributed by atoms with Gasteiger partial charge in [0.1, 0.15) is 5.82 Å². The minimum atomic E-state index is -0.740. The lowest BCUT2D eigenvalue weighted by Gasteiger charge is -2.10. The van der Waals surface area contributed by atoms with Gasteiger partial charge in [0.15, 0.2) is 0 Å². The summed E-state index contributed by atoms with van der Waals surface area (Å²) in [4.78, 5) is 14.8. The van der Waals surface area contributed by atoms with E-state index < -0.39 is 5.97 Å². The maximum atomic E-state index is 10.5. The number of hydrogen-bond donors (Lipinski definition) is 1. The summed E-state index contributed by atoms with van der Waals surface area (Å²) in [5.74, 6) is 0.391. The molecular weight excluding hydrogens is 192 g/mol. The van der Waals surface area contributed by atoms with Gasteiger partial charge in [-0.3, -0.25) is 4.79 Å². The lowest BCUT2D eigenvalue weighted by Crippen LogP contribution is -2.11. The highest BCUT2D eigenvalue weighted by molar-refractivity contribution is 5.66. The number of imidazole rings is 1. The van der Waals surface area contributed by atoms with Crippen molar-refractivity contribution in [1.82, 2.24) is 9.55 Å². The lowest BCUT2D eigenvalue weighted by atomic mass is 10.0. The molecule has 1 unspecified atom stereocenters. The highest BCUT2D eigenvalue weighted by atomic mass is 16.4. The fraction of sp³-hybridized carbons (Fsp3) is 0.636. The van der Waals surface area contributed by atoms with Gasteiger partial charge in [0.25, 0.3) is 0 Å². The van der Waals surface area contributed by atoms with Gasteiger partial charge in [0, 0.05) is 31.8 Å². The third kappa shape index (κ3) is 3.73. The fourth-order valence-corrected chi connectivity index (χ4v) is 1.66. The van der Waals surface area contributed by atoms with Crippen molar-refractivity contribution in [3.05, 3.63) is 18.2 Å². The maximum absolute atomic E-state index is 10.5. The van der Waals surface area contributed by atoms with Crippen LogP contribution in [-0.4, -0.2) is 20.6 Å². The van der Waals surface area contributed by atoms with Crippen molar-refractivity contribution < 1.29 is 9.90 Å². The minimum Gasteiger partial charge on any atom is -0.481 e. The van der Waals surface area contributed by atoms with E-state index in [1.54, 1.807) is 6.20 Å². The van der Waals surface area contributed by atoms with Crippen LogP contribution in [0.1, 0.15) is 32.5 Å². The summed E-state index contributed by atoms with van der Waals surface area (Å²) in [7, 11) is 0. The standard InChI is InChI=1S/C11H18N2O2/c1-3-5-13-6-4-12-10(13)7-9(2)8-11(14)15/h4,6,9H,3,5,7-8H2,1-2H3,(H,14,15). The van der Waals surface area contributed by atoms with E-state index in [-0.39, 0.29) is 12.3 Å². The monoisotopic (exact) mass is 210 g/mol. The second-order valence-electron chi connectivity index (χ2n) is 3.94. The number of hydrogen-bond acceptors (Lipinski definition) is 2. The van der Waals surface area contributed by atoms with Crippen LogP contribution in [0.3, 0.4) is 0 Å². The average Bonchev–Trinajstić information content (AvgIpc) is 2.52. The first-order chi connectivity index (χ1) is 7.13. The molecule has 1 aromatic rings. The molecule has 0 aliphatic rings. The summed E-state index contributed by atoms with van der Waals surface area (Å²) < 4.78 is 2.10. The second kappa shape index (κ2) is 5.53. The Morgan fingerprint density at radius 2 is 2.40 bits per heavy atom. The average molecular weight is 210 g/mol. The largest absolute Gasteiger partial charge is 0.481 e. The first-order valence-electron chi connectivity index (χ1n) is 5.35. The van der Waals surface area contributed by atoms with Crippen LogP contribution in [-0.2, 0) is 17.8 Å². The summed E-state index contributed by atoms with van der Waals surface area (Å²) in [6, 6.07) is 0. The molecule has 1 N–H and O–H groups in total. The van der Waals surface area contributed by atoms with Gasteiger partial charge in [-0.2, -0.15) is 0 Å². The van der Waals surface area contributed by atoms with E-state index in [4.69, 9.17) is 5.11 Å². The van der Waals surface area contributed by atoms with Crippen LogP contribution in [0.5, 0.6) is 0 Å². The fourth-order valence-electron chi connectivity index (χ4n) is 1.66. The quantitative estimate of drug-likeness (QED) is 0.780. The molecular formula is C11H18N2O2. The van der Waals surface area contributed by atoms with E-state index in [0.29, 0.717) is 0 Å². The molecule has 0 radical (unpaired) electrons. The number of aryl methyl sites for hydroxylation is 1. The third-order valence-electron chi connectivity index (χ3n) is 2.32. The smallest absolute Gasteiger partial charge is 0.303 e. The summed E-state index contributed by atoms with van der Waals surface area (Å²) in [6.45, 7) is 5.01. The van der Waals surface area contributed by atoms with Crippen molar-refractivity contribution in [3.63, 3.8) is 0 Å². The van der Waals surface area contributed by atoms with Crippen molar-refractivity contribution in [3.8, 4) is 0 Å². The van der Waals surface area contributed by atoms with Gasteiger partial charge in [-0.05, 0) is 12.3 Å². The summed E-state index contributed by atoms with van der Waals surface area (Å²) >= 11 is 0. The van der Waals surface area contributed by atoms with Gasteiger partial charge in [0.05, 0.1) is 0 Å². The van der Waals surface area contributed by atoms with E-state index in [1.165, 1.54) is 0 Å². The molecule has 1 rings (SSSR count). The van der Waals surface area contributed by atoms with Gasteiger partial charge in [-0.25, -0.2) is 4.98 Å². The molecule has 4 nitrogen and oxygen atoms in total.